The second-order valence-electron chi connectivity index (χ2n) is 12.3. The van der Waals surface area contributed by atoms with Gasteiger partial charge in [0.25, 0.3) is 0 Å². The van der Waals surface area contributed by atoms with Gasteiger partial charge in [-0.2, -0.15) is 0 Å². The van der Waals surface area contributed by atoms with Crippen LogP contribution in [-0.4, -0.2) is 35.8 Å². The minimum absolute atomic E-state index is 0.703. The molecule has 4 aliphatic rings. The lowest BCUT2D eigenvalue weighted by Crippen LogP contribution is -2.30. The topological polar surface area (TPSA) is 9.23 Å². The Bertz CT molecular complexity index is 674. The third-order valence-corrected chi connectivity index (χ3v) is 23.7. The van der Waals surface area contributed by atoms with Crippen molar-refractivity contribution < 1.29 is 4.74 Å². The van der Waals surface area contributed by atoms with Gasteiger partial charge in [0.15, 0.2) is 0 Å². The van der Waals surface area contributed by atoms with Crippen LogP contribution in [0.1, 0.15) is 128 Å². The first-order chi connectivity index (χ1) is 16.9. The molecule has 4 fully saturated rings. The van der Waals surface area contributed by atoms with Crippen LogP contribution in [0.4, 0.5) is 0 Å². The maximum absolute atomic E-state index is 6.37. The van der Waals surface area contributed by atoms with Crippen LogP contribution in [0.25, 0.3) is 0 Å². The summed E-state index contributed by atoms with van der Waals surface area (Å²) in [5, 5.41) is -3.12. The van der Waals surface area contributed by atoms with Gasteiger partial charge in [-0.05, 0) is 98.7 Å². The lowest BCUT2D eigenvalue weighted by Gasteiger charge is -2.43. The highest BCUT2D eigenvalue weighted by Gasteiger charge is 2.40. The lowest BCUT2D eigenvalue weighted by molar-refractivity contribution is 0.0985. The van der Waals surface area contributed by atoms with E-state index in [1.807, 2.05) is 0 Å². The maximum atomic E-state index is 6.37. The Kier molecular flexibility index (Phi) is 12.4. The summed E-state index contributed by atoms with van der Waals surface area (Å²) < 4.78 is 6.36. The average Bonchev–Trinajstić information content (AvgIpc) is 2.90. The normalized spacial score (nSPS) is 35.3. The molecular formula is C28H52OP2S4. The molecule has 0 bridgehead atoms. The summed E-state index contributed by atoms with van der Waals surface area (Å²) in [7, 11) is 0. The summed E-state index contributed by atoms with van der Waals surface area (Å²) >= 11 is 23.4. The molecule has 0 radical (unpaired) electrons. The summed E-state index contributed by atoms with van der Waals surface area (Å²) in [4.78, 5) is 0. The second kappa shape index (κ2) is 14.6. The molecule has 6 unspecified atom stereocenters. The zero-order valence-electron chi connectivity index (χ0n) is 22.0. The van der Waals surface area contributed by atoms with Gasteiger partial charge in [-0.25, -0.2) is 0 Å². The molecule has 0 amide bonds. The Hall–Kier alpha value is 1.96. The predicted molar refractivity (Wildman–Crippen MR) is 172 cm³/mol. The maximum Gasteiger partial charge on any atom is 0.0468 e. The van der Waals surface area contributed by atoms with E-state index in [2.05, 4.69) is 0 Å². The molecule has 7 heteroatoms. The summed E-state index contributed by atoms with van der Waals surface area (Å²) in [5.41, 5.74) is 2.90. The Morgan fingerprint density at radius 2 is 0.857 bits per heavy atom. The van der Waals surface area contributed by atoms with Gasteiger partial charge < -0.3 is 4.74 Å². The molecule has 0 spiro atoms. The smallest absolute Gasteiger partial charge is 0.0468 e. The van der Waals surface area contributed by atoms with E-state index < -0.39 is 10.5 Å². The number of thiol groups is 2. The second-order valence-corrected chi connectivity index (χ2v) is 27.0. The molecule has 0 N–H and O–H groups in total. The van der Waals surface area contributed by atoms with Crippen molar-refractivity contribution in [1.29, 1.82) is 0 Å². The van der Waals surface area contributed by atoms with Gasteiger partial charge in [0.2, 0.25) is 0 Å². The zero-order chi connectivity index (χ0) is 24.7. The van der Waals surface area contributed by atoms with Crippen molar-refractivity contribution in [2.24, 2.45) is 11.8 Å². The molecule has 0 aromatic rings. The molecule has 0 aromatic carbocycles. The highest BCUT2D eigenvalue weighted by atomic mass is 32.9. The van der Waals surface area contributed by atoms with Crippen LogP contribution in [0.15, 0.2) is 0 Å². The third kappa shape index (κ3) is 8.01. The SMILES string of the molecule is S=P(S)(C1CCCCC1)C1CCCCC1CCOCCC1CCCCC1P(=S)(S)C1CCCCC1. The van der Waals surface area contributed by atoms with E-state index in [0.717, 1.165) is 36.4 Å². The van der Waals surface area contributed by atoms with Crippen molar-refractivity contribution in [2.75, 3.05) is 13.2 Å². The minimum Gasteiger partial charge on any atom is -0.381 e. The summed E-state index contributed by atoms with van der Waals surface area (Å²) in [6.07, 6.45) is 27.0. The fourth-order valence-electron chi connectivity index (χ4n) is 8.04. The molecule has 204 valence electrons. The standard InChI is InChI=1S/C28H52OP2S4/c32-30(33,25-13-3-1-4-14-25)27-17-9-7-11-23(27)19-21-29-22-20-24-12-8-10-18-28(24)31(34,35)26-15-5-2-6-16-26/h23-28H,1-22H2,(H,32,33)(H,34,35). The minimum atomic E-state index is -1.56. The number of rotatable bonds is 10. The molecule has 0 heterocycles. The quantitative estimate of drug-likeness (QED) is 0.148. The lowest BCUT2D eigenvalue weighted by atomic mass is 9.86. The third-order valence-electron chi connectivity index (χ3n) is 10.2. The number of hydrogen-bond donors (Lipinski definition) is 2. The molecule has 0 aliphatic heterocycles. The fourth-order valence-corrected chi connectivity index (χ4v) is 20.4. The van der Waals surface area contributed by atoms with E-state index in [-0.39, 0.29) is 0 Å². The van der Waals surface area contributed by atoms with Crippen LogP contribution >= 0.6 is 35.0 Å². The van der Waals surface area contributed by atoms with E-state index in [1.165, 1.54) is 128 Å². The van der Waals surface area contributed by atoms with E-state index in [9.17, 15) is 0 Å². The monoisotopic (exact) mass is 594 g/mol. The molecule has 4 rings (SSSR count). The number of ether oxygens (including phenoxy) is 1. The van der Waals surface area contributed by atoms with E-state index in [4.69, 9.17) is 52.8 Å². The zero-order valence-corrected chi connectivity index (χ0v) is 27.2. The van der Waals surface area contributed by atoms with Crippen LogP contribution in [0, 0.1) is 11.8 Å². The highest BCUT2D eigenvalue weighted by molar-refractivity contribution is 8.64. The molecule has 4 aliphatic carbocycles. The van der Waals surface area contributed by atoms with Crippen molar-refractivity contribution in [2.45, 2.75) is 151 Å². The van der Waals surface area contributed by atoms with Gasteiger partial charge in [-0.3, -0.25) is 0 Å². The van der Waals surface area contributed by atoms with Crippen LogP contribution in [0.3, 0.4) is 0 Å². The van der Waals surface area contributed by atoms with Gasteiger partial charge in [0.05, 0.1) is 0 Å². The van der Waals surface area contributed by atoms with E-state index in [1.54, 1.807) is 0 Å². The molecule has 0 saturated heterocycles. The highest BCUT2D eigenvalue weighted by Crippen LogP contribution is 2.69. The molecule has 4 saturated carbocycles. The van der Waals surface area contributed by atoms with Gasteiger partial charge in [-0.1, -0.05) is 87.8 Å². The Morgan fingerprint density at radius 3 is 1.26 bits per heavy atom. The first kappa shape index (κ1) is 29.9. The van der Waals surface area contributed by atoms with Crippen molar-refractivity contribution in [3.8, 4) is 0 Å². The largest absolute Gasteiger partial charge is 0.381 e. The Morgan fingerprint density at radius 1 is 0.514 bits per heavy atom. The molecule has 35 heavy (non-hydrogen) atoms. The van der Waals surface area contributed by atoms with Gasteiger partial charge in [0, 0.05) is 23.7 Å². The van der Waals surface area contributed by atoms with Crippen LogP contribution in [0.2, 0.25) is 0 Å². The average molecular weight is 595 g/mol. The molecular weight excluding hydrogens is 543 g/mol. The van der Waals surface area contributed by atoms with Crippen LogP contribution in [-0.2, 0) is 28.4 Å². The van der Waals surface area contributed by atoms with Crippen molar-refractivity contribution >= 4 is 58.6 Å². The molecule has 6 atom stereocenters. The first-order valence-electron chi connectivity index (χ1n) is 15.1. The fraction of sp³-hybridized carbons (Fsp3) is 1.00. The van der Waals surface area contributed by atoms with E-state index >= 15 is 0 Å². The van der Waals surface area contributed by atoms with Crippen molar-refractivity contribution in [1.82, 2.24) is 0 Å². The summed E-state index contributed by atoms with van der Waals surface area (Å²) in [6, 6.07) is 0. The van der Waals surface area contributed by atoms with E-state index in [0.29, 0.717) is 11.3 Å². The van der Waals surface area contributed by atoms with Crippen LogP contribution in [0.5, 0.6) is 0 Å². The molecule has 0 aromatic heterocycles. The molecule has 1 nitrogen and oxygen atoms in total. The summed E-state index contributed by atoms with van der Waals surface area (Å²) in [5.74, 6) is 1.51. The summed E-state index contributed by atoms with van der Waals surface area (Å²) in [6.45, 7) is 1.84. The number of hydrogen-bond acceptors (Lipinski definition) is 3. The Labute approximate surface area is 238 Å². The Balaban J connectivity index is 1.24. The van der Waals surface area contributed by atoms with Crippen LogP contribution < -0.4 is 0 Å². The van der Waals surface area contributed by atoms with Gasteiger partial charge >= 0.3 is 0 Å². The predicted octanol–water partition coefficient (Wildman–Crippen LogP) is 10.2. The van der Waals surface area contributed by atoms with Crippen molar-refractivity contribution in [3.63, 3.8) is 0 Å². The van der Waals surface area contributed by atoms with Gasteiger partial charge in [0.1, 0.15) is 0 Å². The van der Waals surface area contributed by atoms with Gasteiger partial charge in [-0.15, -0.1) is 24.5 Å². The van der Waals surface area contributed by atoms with Crippen molar-refractivity contribution in [3.05, 3.63) is 0 Å². The first-order valence-corrected chi connectivity index (χ1v) is 23.3.